The molecule has 6 nitrogen and oxygen atoms in total. The summed E-state index contributed by atoms with van der Waals surface area (Å²) in [5, 5.41) is 13.9. The molecule has 0 amide bonds. The number of hydrogen-bond donors (Lipinski definition) is 2. The van der Waals surface area contributed by atoms with Crippen molar-refractivity contribution >= 4 is 5.69 Å². The van der Waals surface area contributed by atoms with E-state index in [0.29, 0.717) is 12.4 Å². The highest BCUT2D eigenvalue weighted by Gasteiger charge is 2.21. The summed E-state index contributed by atoms with van der Waals surface area (Å²) in [7, 11) is 0. The van der Waals surface area contributed by atoms with E-state index in [-0.39, 0.29) is 0 Å². The molecule has 1 aromatic heterocycles. The van der Waals surface area contributed by atoms with Gasteiger partial charge in [-0.05, 0) is 17.2 Å². The van der Waals surface area contributed by atoms with Crippen molar-refractivity contribution in [3.8, 4) is 0 Å². The fraction of sp³-hybridized carbons (Fsp3) is 0.300. The zero-order chi connectivity index (χ0) is 11.0. The molecule has 0 spiro atoms. The van der Waals surface area contributed by atoms with Gasteiger partial charge >= 0.3 is 0 Å². The van der Waals surface area contributed by atoms with Crippen molar-refractivity contribution in [1.82, 2.24) is 25.5 Å². The minimum atomic E-state index is 0.699. The van der Waals surface area contributed by atoms with Crippen molar-refractivity contribution < 1.29 is 0 Å². The fourth-order valence-electron chi connectivity index (χ4n) is 2.08. The Bertz CT molecular complexity index is 492. The normalized spacial score (nSPS) is 15.2. The lowest BCUT2D eigenvalue weighted by molar-refractivity contribution is 0.268. The van der Waals surface area contributed by atoms with Gasteiger partial charge in [0.15, 0.2) is 5.82 Å². The lowest BCUT2D eigenvalue weighted by Crippen LogP contribution is -2.16. The number of nitrogen functional groups attached to an aromatic ring is 1. The largest absolute Gasteiger partial charge is 0.398 e. The van der Waals surface area contributed by atoms with Crippen molar-refractivity contribution in [2.75, 3.05) is 5.73 Å². The Morgan fingerprint density at radius 1 is 1.38 bits per heavy atom. The molecule has 1 aliphatic rings. The predicted molar refractivity (Wildman–Crippen MR) is 58.0 cm³/mol. The maximum absolute atomic E-state index is 5.93. The minimum absolute atomic E-state index is 0.699. The van der Waals surface area contributed by atoms with E-state index in [1.165, 1.54) is 11.1 Å². The highest BCUT2D eigenvalue weighted by Crippen LogP contribution is 2.27. The number of nitrogens with zero attached hydrogens (tertiary/aromatic N) is 4. The van der Waals surface area contributed by atoms with Gasteiger partial charge in [0.2, 0.25) is 0 Å². The number of anilines is 1. The van der Waals surface area contributed by atoms with Crippen LogP contribution in [-0.4, -0.2) is 25.5 Å². The molecule has 0 fully saturated rings. The zero-order valence-electron chi connectivity index (χ0n) is 8.72. The average molecular weight is 216 g/mol. The highest BCUT2D eigenvalue weighted by molar-refractivity contribution is 5.52. The molecule has 2 heterocycles. The first-order chi connectivity index (χ1) is 7.83. The number of aromatic nitrogens is 4. The van der Waals surface area contributed by atoms with Crippen LogP contribution in [0.4, 0.5) is 5.69 Å². The molecule has 3 N–H and O–H groups in total. The summed E-state index contributed by atoms with van der Waals surface area (Å²) < 4.78 is 0. The van der Waals surface area contributed by atoms with Crippen LogP contribution in [0.5, 0.6) is 0 Å². The molecule has 0 atom stereocenters. The zero-order valence-corrected chi connectivity index (χ0v) is 8.72. The number of nitrogens with two attached hydrogens (primary N) is 1. The van der Waals surface area contributed by atoms with Gasteiger partial charge in [0.05, 0.1) is 6.54 Å². The van der Waals surface area contributed by atoms with Gasteiger partial charge < -0.3 is 5.73 Å². The molecule has 1 aliphatic heterocycles. The summed E-state index contributed by atoms with van der Waals surface area (Å²) in [5.41, 5.74) is 9.32. The summed E-state index contributed by atoms with van der Waals surface area (Å²) in [6.45, 7) is 2.45. The van der Waals surface area contributed by atoms with Crippen LogP contribution < -0.4 is 5.73 Å². The molecule has 0 unspecified atom stereocenters. The van der Waals surface area contributed by atoms with E-state index >= 15 is 0 Å². The summed E-state index contributed by atoms with van der Waals surface area (Å²) in [6, 6.07) is 6.05. The molecule has 0 bridgehead atoms. The number of fused-ring (bicyclic) bond motifs is 1. The van der Waals surface area contributed by atoms with Crippen LogP contribution in [0, 0.1) is 0 Å². The Labute approximate surface area is 92.5 Å². The number of tetrazole rings is 1. The van der Waals surface area contributed by atoms with E-state index in [4.69, 9.17) is 5.73 Å². The van der Waals surface area contributed by atoms with Gasteiger partial charge in [0.25, 0.3) is 0 Å². The lowest BCUT2D eigenvalue weighted by atomic mass is 10.1. The van der Waals surface area contributed by atoms with Crippen molar-refractivity contribution in [1.29, 1.82) is 0 Å². The van der Waals surface area contributed by atoms with Gasteiger partial charge in [0, 0.05) is 18.8 Å². The van der Waals surface area contributed by atoms with Crippen molar-refractivity contribution in [2.45, 2.75) is 19.6 Å². The fourth-order valence-corrected chi connectivity index (χ4v) is 2.08. The second kappa shape index (κ2) is 3.57. The van der Waals surface area contributed by atoms with E-state index in [2.05, 4.69) is 31.6 Å². The Morgan fingerprint density at radius 2 is 2.31 bits per heavy atom. The van der Waals surface area contributed by atoms with Crippen LogP contribution in [0.2, 0.25) is 0 Å². The Balaban J connectivity index is 1.78. The van der Waals surface area contributed by atoms with Crippen molar-refractivity contribution in [3.05, 3.63) is 35.2 Å². The van der Waals surface area contributed by atoms with E-state index in [1.807, 2.05) is 12.1 Å². The molecule has 0 saturated heterocycles. The monoisotopic (exact) mass is 216 g/mol. The van der Waals surface area contributed by atoms with E-state index in [0.717, 1.165) is 18.8 Å². The van der Waals surface area contributed by atoms with Crippen molar-refractivity contribution in [3.63, 3.8) is 0 Å². The van der Waals surface area contributed by atoms with Gasteiger partial charge in [-0.25, -0.2) is 0 Å². The van der Waals surface area contributed by atoms with Gasteiger partial charge in [-0.15, -0.1) is 10.2 Å². The number of nitrogens with one attached hydrogen (secondary N) is 1. The number of aromatic amines is 1. The summed E-state index contributed by atoms with van der Waals surface area (Å²) in [5.74, 6) is 0.714. The number of H-pyrrole nitrogens is 1. The second-order valence-corrected chi connectivity index (χ2v) is 3.96. The van der Waals surface area contributed by atoms with Crippen molar-refractivity contribution in [2.24, 2.45) is 0 Å². The van der Waals surface area contributed by atoms with Crippen LogP contribution in [-0.2, 0) is 19.6 Å². The SMILES string of the molecule is Nc1cccc2c1CN(Cc1nn[nH]n1)C2. The van der Waals surface area contributed by atoms with E-state index in [9.17, 15) is 0 Å². The van der Waals surface area contributed by atoms with Crippen LogP contribution in [0.1, 0.15) is 17.0 Å². The molecule has 3 rings (SSSR count). The molecule has 0 saturated carbocycles. The summed E-state index contributed by atoms with van der Waals surface area (Å²) in [6.07, 6.45) is 0. The number of benzene rings is 1. The van der Waals surface area contributed by atoms with Gasteiger partial charge in [-0.3, -0.25) is 4.90 Å². The minimum Gasteiger partial charge on any atom is -0.398 e. The van der Waals surface area contributed by atoms with Gasteiger partial charge in [-0.1, -0.05) is 17.3 Å². The smallest absolute Gasteiger partial charge is 0.188 e. The quantitative estimate of drug-likeness (QED) is 0.705. The van der Waals surface area contributed by atoms with Crippen LogP contribution in [0.3, 0.4) is 0 Å². The lowest BCUT2D eigenvalue weighted by Gasteiger charge is -2.11. The highest BCUT2D eigenvalue weighted by atomic mass is 15.5. The Kier molecular flexibility index (Phi) is 2.07. The van der Waals surface area contributed by atoms with Crippen LogP contribution >= 0.6 is 0 Å². The van der Waals surface area contributed by atoms with Crippen LogP contribution in [0.25, 0.3) is 0 Å². The molecular formula is C10H12N6. The van der Waals surface area contributed by atoms with E-state index in [1.54, 1.807) is 0 Å². The first kappa shape index (κ1) is 9.29. The predicted octanol–water partition coefficient (Wildman–Crippen LogP) is 0.298. The third kappa shape index (κ3) is 1.53. The molecule has 1 aromatic carbocycles. The maximum atomic E-state index is 5.93. The third-order valence-electron chi connectivity index (χ3n) is 2.84. The molecule has 0 radical (unpaired) electrons. The average Bonchev–Trinajstić information content (AvgIpc) is 2.88. The molecule has 0 aliphatic carbocycles. The second-order valence-electron chi connectivity index (χ2n) is 3.96. The Hall–Kier alpha value is -1.95. The summed E-state index contributed by atoms with van der Waals surface area (Å²) >= 11 is 0. The Morgan fingerprint density at radius 3 is 3.06 bits per heavy atom. The molecule has 6 heteroatoms. The van der Waals surface area contributed by atoms with Gasteiger partial charge in [-0.2, -0.15) is 5.21 Å². The van der Waals surface area contributed by atoms with E-state index < -0.39 is 0 Å². The molecule has 82 valence electrons. The third-order valence-corrected chi connectivity index (χ3v) is 2.84. The van der Waals surface area contributed by atoms with Crippen LogP contribution in [0.15, 0.2) is 18.2 Å². The molecular weight excluding hydrogens is 204 g/mol. The molecule has 2 aromatic rings. The number of hydrogen-bond acceptors (Lipinski definition) is 5. The van der Waals surface area contributed by atoms with Gasteiger partial charge in [0.1, 0.15) is 0 Å². The first-order valence-electron chi connectivity index (χ1n) is 5.14. The number of rotatable bonds is 2. The first-order valence-corrected chi connectivity index (χ1v) is 5.14. The summed E-state index contributed by atoms with van der Waals surface area (Å²) in [4.78, 5) is 2.24. The standard InChI is InChI=1S/C10H12N6/c11-9-3-1-2-7-4-16(5-8(7)9)6-10-12-14-15-13-10/h1-3H,4-6,11H2,(H,12,13,14,15). The molecule has 16 heavy (non-hydrogen) atoms. The maximum Gasteiger partial charge on any atom is 0.188 e. The topological polar surface area (TPSA) is 83.7 Å².